The van der Waals surface area contributed by atoms with Gasteiger partial charge in [0.1, 0.15) is 5.76 Å². The topological polar surface area (TPSA) is 47.3 Å². The Hall–Kier alpha value is -0.540. The van der Waals surface area contributed by atoms with Crippen LogP contribution in [-0.2, 0) is 4.74 Å². The van der Waals surface area contributed by atoms with Gasteiger partial charge in [-0.2, -0.15) is 0 Å². The molecule has 0 aromatic heterocycles. The van der Waals surface area contributed by atoms with Gasteiger partial charge in [0, 0.05) is 6.42 Å². The van der Waals surface area contributed by atoms with E-state index in [0.717, 1.165) is 25.2 Å². The molecule has 3 nitrogen and oxygen atoms in total. The molecule has 1 aliphatic rings. The molecule has 1 rings (SSSR count). The molecule has 1 heterocycles. The third-order valence-electron chi connectivity index (χ3n) is 2.88. The van der Waals surface area contributed by atoms with E-state index < -0.39 is 0 Å². The molecule has 1 aliphatic heterocycles. The Morgan fingerprint density at radius 2 is 2.38 bits per heavy atom. The first kappa shape index (κ1) is 10.5. The molecule has 76 valence electrons. The van der Waals surface area contributed by atoms with Gasteiger partial charge in [0.25, 0.3) is 0 Å². The van der Waals surface area contributed by atoms with E-state index in [4.69, 9.17) is 10.6 Å². The number of hydrazine groups is 1. The average molecular weight is 184 g/mol. The van der Waals surface area contributed by atoms with Crippen LogP contribution < -0.4 is 11.3 Å². The number of ether oxygens (including phenoxy) is 1. The predicted molar refractivity (Wildman–Crippen MR) is 53.8 cm³/mol. The largest absolute Gasteiger partial charge is 0.496 e. The van der Waals surface area contributed by atoms with E-state index in [0.29, 0.717) is 0 Å². The monoisotopic (exact) mass is 184 g/mol. The molecule has 0 fully saturated rings. The lowest BCUT2D eigenvalue weighted by molar-refractivity contribution is 0.155. The Labute approximate surface area is 80.3 Å². The fourth-order valence-corrected chi connectivity index (χ4v) is 1.54. The summed E-state index contributed by atoms with van der Waals surface area (Å²) in [6.45, 7) is 7.35. The van der Waals surface area contributed by atoms with Crippen molar-refractivity contribution in [2.24, 2.45) is 11.3 Å². The summed E-state index contributed by atoms with van der Waals surface area (Å²) in [5, 5.41) is 0. The standard InChI is InChI=1S/C10H20N2O/c1-4-10(2,3)9(12-11)8-6-5-7-13-8/h6,9,12H,4-5,7,11H2,1-3H3. The van der Waals surface area contributed by atoms with Crippen LogP contribution in [0.4, 0.5) is 0 Å². The summed E-state index contributed by atoms with van der Waals surface area (Å²) in [5.74, 6) is 6.55. The van der Waals surface area contributed by atoms with Gasteiger partial charge in [-0.15, -0.1) is 0 Å². The van der Waals surface area contributed by atoms with E-state index in [2.05, 4.69) is 32.3 Å². The van der Waals surface area contributed by atoms with Crippen LogP contribution in [0.5, 0.6) is 0 Å². The Bertz CT molecular complexity index is 199. The summed E-state index contributed by atoms with van der Waals surface area (Å²) in [5.41, 5.74) is 2.99. The molecule has 1 atom stereocenters. The highest BCUT2D eigenvalue weighted by Crippen LogP contribution is 2.31. The van der Waals surface area contributed by atoms with E-state index in [1.54, 1.807) is 0 Å². The molecular formula is C10H20N2O. The summed E-state index contributed by atoms with van der Waals surface area (Å²) in [4.78, 5) is 0. The number of nitrogens with one attached hydrogen (secondary N) is 1. The number of hydrogen-bond donors (Lipinski definition) is 2. The minimum Gasteiger partial charge on any atom is -0.496 e. The third kappa shape index (κ3) is 2.23. The lowest BCUT2D eigenvalue weighted by Crippen LogP contribution is -2.46. The van der Waals surface area contributed by atoms with Gasteiger partial charge in [-0.05, 0) is 17.9 Å². The molecule has 13 heavy (non-hydrogen) atoms. The molecule has 0 spiro atoms. The van der Waals surface area contributed by atoms with Crippen molar-refractivity contribution in [1.82, 2.24) is 5.43 Å². The first-order valence-corrected chi connectivity index (χ1v) is 4.91. The highest BCUT2D eigenvalue weighted by atomic mass is 16.5. The molecular weight excluding hydrogens is 164 g/mol. The van der Waals surface area contributed by atoms with Crippen molar-refractivity contribution in [3.05, 3.63) is 11.8 Å². The SMILES string of the molecule is CCC(C)(C)C(NN)C1=CCCO1. The first-order valence-electron chi connectivity index (χ1n) is 4.91. The zero-order chi connectivity index (χ0) is 9.90. The molecule has 0 bridgehead atoms. The lowest BCUT2D eigenvalue weighted by Gasteiger charge is -2.33. The van der Waals surface area contributed by atoms with Crippen molar-refractivity contribution in [3.8, 4) is 0 Å². The van der Waals surface area contributed by atoms with Gasteiger partial charge in [-0.3, -0.25) is 5.84 Å². The molecule has 1 unspecified atom stereocenters. The maximum absolute atomic E-state index is 5.54. The van der Waals surface area contributed by atoms with Crippen molar-refractivity contribution >= 4 is 0 Å². The highest BCUT2D eigenvalue weighted by molar-refractivity contribution is 5.10. The van der Waals surface area contributed by atoms with Gasteiger partial charge in [0.2, 0.25) is 0 Å². The molecule has 0 aromatic carbocycles. The molecule has 3 heteroatoms. The summed E-state index contributed by atoms with van der Waals surface area (Å²) >= 11 is 0. The van der Waals surface area contributed by atoms with Gasteiger partial charge in [-0.1, -0.05) is 20.8 Å². The van der Waals surface area contributed by atoms with E-state index >= 15 is 0 Å². The minimum atomic E-state index is 0.139. The number of nitrogens with two attached hydrogens (primary N) is 1. The summed E-state index contributed by atoms with van der Waals surface area (Å²) < 4.78 is 5.51. The van der Waals surface area contributed by atoms with Crippen molar-refractivity contribution in [2.75, 3.05) is 6.61 Å². The van der Waals surface area contributed by atoms with E-state index in [9.17, 15) is 0 Å². The molecule has 0 aromatic rings. The fourth-order valence-electron chi connectivity index (χ4n) is 1.54. The summed E-state index contributed by atoms with van der Waals surface area (Å²) in [6.07, 6.45) is 4.21. The second-order valence-electron chi connectivity index (χ2n) is 4.19. The molecule has 0 saturated heterocycles. The quantitative estimate of drug-likeness (QED) is 0.515. The van der Waals surface area contributed by atoms with Gasteiger partial charge < -0.3 is 4.74 Å². The van der Waals surface area contributed by atoms with Crippen LogP contribution in [0, 0.1) is 5.41 Å². The molecule has 0 aliphatic carbocycles. The van der Waals surface area contributed by atoms with Crippen molar-refractivity contribution in [3.63, 3.8) is 0 Å². The lowest BCUT2D eigenvalue weighted by atomic mass is 9.81. The molecule has 0 saturated carbocycles. The van der Waals surface area contributed by atoms with Crippen LogP contribution >= 0.6 is 0 Å². The van der Waals surface area contributed by atoms with Crippen LogP contribution in [0.25, 0.3) is 0 Å². The smallest absolute Gasteiger partial charge is 0.111 e. The van der Waals surface area contributed by atoms with Gasteiger partial charge in [0.05, 0.1) is 12.6 Å². The van der Waals surface area contributed by atoms with E-state index in [1.165, 1.54) is 0 Å². The number of hydrogen-bond acceptors (Lipinski definition) is 3. The Balaban J connectivity index is 2.71. The van der Waals surface area contributed by atoms with Crippen molar-refractivity contribution in [1.29, 1.82) is 0 Å². The highest BCUT2D eigenvalue weighted by Gasteiger charge is 2.32. The van der Waals surface area contributed by atoms with Gasteiger partial charge in [0.15, 0.2) is 0 Å². The Morgan fingerprint density at radius 1 is 1.69 bits per heavy atom. The van der Waals surface area contributed by atoms with E-state index in [-0.39, 0.29) is 11.5 Å². The summed E-state index contributed by atoms with van der Waals surface area (Å²) in [7, 11) is 0. The van der Waals surface area contributed by atoms with E-state index in [1.807, 2.05) is 0 Å². The van der Waals surface area contributed by atoms with Crippen LogP contribution in [0.2, 0.25) is 0 Å². The predicted octanol–water partition coefficient (Wildman–Crippen LogP) is 1.56. The second-order valence-corrected chi connectivity index (χ2v) is 4.19. The van der Waals surface area contributed by atoms with Crippen molar-refractivity contribution in [2.45, 2.75) is 39.7 Å². The second kappa shape index (κ2) is 4.11. The maximum atomic E-state index is 5.54. The van der Waals surface area contributed by atoms with Gasteiger partial charge in [-0.25, -0.2) is 5.43 Å². The zero-order valence-electron chi connectivity index (χ0n) is 8.76. The molecule has 3 N–H and O–H groups in total. The van der Waals surface area contributed by atoms with Crippen molar-refractivity contribution < 1.29 is 4.74 Å². The summed E-state index contributed by atoms with van der Waals surface area (Å²) in [6, 6.07) is 0.139. The number of rotatable bonds is 4. The average Bonchev–Trinajstić information content (AvgIpc) is 2.58. The Morgan fingerprint density at radius 3 is 2.77 bits per heavy atom. The van der Waals surface area contributed by atoms with Crippen LogP contribution in [0.1, 0.15) is 33.6 Å². The fraction of sp³-hybridized carbons (Fsp3) is 0.800. The molecule has 0 radical (unpaired) electrons. The third-order valence-corrected chi connectivity index (χ3v) is 2.88. The normalized spacial score (nSPS) is 19.5. The Kier molecular flexibility index (Phi) is 3.33. The van der Waals surface area contributed by atoms with Crippen LogP contribution in [0.15, 0.2) is 11.8 Å². The maximum Gasteiger partial charge on any atom is 0.111 e. The van der Waals surface area contributed by atoms with Crippen LogP contribution in [0.3, 0.4) is 0 Å². The zero-order valence-corrected chi connectivity index (χ0v) is 8.76. The van der Waals surface area contributed by atoms with Crippen LogP contribution in [-0.4, -0.2) is 12.6 Å². The minimum absolute atomic E-state index is 0.139. The first-order chi connectivity index (χ1) is 6.11. The molecule has 0 amide bonds. The van der Waals surface area contributed by atoms with Gasteiger partial charge >= 0.3 is 0 Å².